The predicted molar refractivity (Wildman–Crippen MR) is 95.5 cm³/mol. The Morgan fingerprint density at radius 3 is 2.24 bits per heavy atom. The first kappa shape index (κ1) is 20.3. The van der Waals surface area contributed by atoms with E-state index < -0.39 is 76.1 Å². The predicted octanol–water partition coefficient (Wildman–Crippen LogP) is 0.0819. The van der Waals surface area contributed by atoms with Crippen LogP contribution in [-0.4, -0.2) is 66.4 Å². The Morgan fingerprint density at radius 1 is 1.10 bits per heavy atom. The molecule has 160 valence electrons. The van der Waals surface area contributed by atoms with Gasteiger partial charge in [-0.15, -0.1) is 0 Å². The van der Waals surface area contributed by atoms with E-state index in [-0.39, 0.29) is 25.7 Å². The average molecular weight is 410 g/mol. The summed E-state index contributed by atoms with van der Waals surface area (Å²) in [5.74, 6) is -7.90. The fourth-order valence-electron chi connectivity index (χ4n) is 7.74. The van der Waals surface area contributed by atoms with E-state index in [1.54, 1.807) is 0 Å². The van der Waals surface area contributed by atoms with Gasteiger partial charge in [-0.2, -0.15) is 0 Å². The highest BCUT2D eigenvalue weighted by atomic mass is 16.4. The van der Waals surface area contributed by atoms with E-state index in [2.05, 4.69) is 6.58 Å². The number of hydrogen-bond acceptors (Lipinski definition) is 6. The lowest BCUT2D eigenvalue weighted by Gasteiger charge is -2.53. The van der Waals surface area contributed by atoms with Gasteiger partial charge in [0.1, 0.15) is 0 Å². The van der Waals surface area contributed by atoms with Crippen molar-refractivity contribution in [1.82, 2.24) is 0 Å². The van der Waals surface area contributed by atoms with E-state index in [0.29, 0.717) is 5.57 Å². The smallest absolute Gasteiger partial charge is 0.312 e. The van der Waals surface area contributed by atoms with Gasteiger partial charge >= 0.3 is 17.9 Å². The first-order valence-corrected chi connectivity index (χ1v) is 9.75. The van der Waals surface area contributed by atoms with Gasteiger partial charge < -0.3 is 30.6 Å². The van der Waals surface area contributed by atoms with Gasteiger partial charge in [0.05, 0.1) is 34.6 Å². The minimum atomic E-state index is -2.19. The Labute approximate surface area is 166 Å². The molecule has 0 amide bonds. The molecule has 9 unspecified atom stereocenters. The average Bonchev–Trinajstić information content (AvgIpc) is 2.97. The second kappa shape index (κ2) is 5.59. The van der Waals surface area contributed by atoms with Crippen LogP contribution in [0, 0.1) is 34.0 Å². The van der Waals surface area contributed by atoms with Gasteiger partial charge in [0.2, 0.25) is 0 Å². The third kappa shape index (κ3) is 2.03. The summed E-state index contributed by atoms with van der Waals surface area (Å²) in [6.07, 6.45) is -3.42. The lowest BCUT2D eigenvalue weighted by molar-refractivity contribution is -0.211. The zero-order valence-corrected chi connectivity index (χ0v) is 16.0. The third-order valence-electron chi connectivity index (χ3n) is 8.79. The normalized spacial score (nSPS) is 53.2. The van der Waals surface area contributed by atoms with Gasteiger partial charge in [0, 0.05) is 5.92 Å². The van der Waals surface area contributed by atoms with Crippen LogP contribution in [0.4, 0.5) is 0 Å². The van der Waals surface area contributed by atoms with Crippen LogP contribution < -0.4 is 0 Å². The Morgan fingerprint density at radius 2 is 1.72 bits per heavy atom. The van der Waals surface area contributed by atoms with E-state index in [0.717, 1.165) is 6.92 Å². The van der Waals surface area contributed by atoms with Crippen LogP contribution in [0.25, 0.3) is 0 Å². The van der Waals surface area contributed by atoms with Crippen molar-refractivity contribution in [3.8, 4) is 0 Å². The van der Waals surface area contributed by atoms with Gasteiger partial charge in [0.25, 0.3) is 0 Å². The standard InChI is InChI=1S/C20H26O9/c1-8-5-18-7-19(8,29)4-3-10(18)20(16(27)28)6-9(21)13(22)17(2,15(25)26)12(20)11(18)14(23)24/h9-13,21-22,29H,1,3-7H2,2H3,(H,23,24)(H,25,26)(H,27,28). The second-order valence-corrected chi connectivity index (χ2v) is 9.76. The summed E-state index contributed by atoms with van der Waals surface area (Å²) < 4.78 is 0. The molecule has 0 aromatic heterocycles. The molecule has 0 radical (unpaired) electrons. The molecule has 4 saturated carbocycles. The van der Waals surface area contributed by atoms with Crippen LogP contribution in [0.3, 0.4) is 0 Å². The van der Waals surface area contributed by atoms with Gasteiger partial charge in [-0.25, -0.2) is 0 Å². The number of fused-ring (bicyclic) bond motifs is 3. The summed E-state index contributed by atoms with van der Waals surface area (Å²) in [6, 6.07) is 0. The molecule has 9 nitrogen and oxygen atoms in total. The van der Waals surface area contributed by atoms with E-state index in [4.69, 9.17) is 0 Å². The SMILES string of the molecule is C=C1CC23CC1(O)CCC2C1(C(=O)O)CC(O)C(O)C(C)(C(=O)O)C1C3C(=O)O. The van der Waals surface area contributed by atoms with Gasteiger partial charge in [-0.05, 0) is 55.9 Å². The lowest BCUT2D eigenvalue weighted by atomic mass is 9.50. The molecule has 0 aliphatic heterocycles. The highest BCUT2D eigenvalue weighted by Crippen LogP contribution is 2.78. The van der Waals surface area contributed by atoms with Gasteiger partial charge in [-0.3, -0.25) is 14.4 Å². The highest BCUT2D eigenvalue weighted by molar-refractivity contribution is 5.86. The van der Waals surface area contributed by atoms with Crippen LogP contribution in [0.15, 0.2) is 12.2 Å². The van der Waals surface area contributed by atoms with Crippen molar-refractivity contribution >= 4 is 17.9 Å². The Bertz CT molecular complexity index is 838. The number of aliphatic hydroxyl groups is 3. The van der Waals surface area contributed by atoms with Crippen molar-refractivity contribution in [3.63, 3.8) is 0 Å². The third-order valence-corrected chi connectivity index (χ3v) is 8.79. The highest BCUT2D eigenvalue weighted by Gasteiger charge is 2.82. The summed E-state index contributed by atoms with van der Waals surface area (Å²) in [7, 11) is 0. The molecule has 9 atom stereocenters. The first-order chi connectivity index (χ1) is 13.3. The molecule has 2 bridgehead atoms. The number of carboxylic acid groups (broad SMARTS) is 3. The number of hydrogen-bond donors (Lipinski definition) is 6. The zero-order valence-electron chi connectivity index (χ0n) is 16.0. The van der Waals surface area contributed by atoms with Gasteiger partial charge in [0.15, 0.2) is 0 Å². The fourth-order valence-corrected chi connectivity index (χ4v) is 7.74. The Hall–Kier alpha value is -1.97. The van der Waals surface area contributed by atoms with E-state index in [1.165, 1.54) is 0 Å². The Kier molecular flexibility index (Phi) is 3.91. The van der Waals surface area contributed by atoms with Crippen molar-refractivity contribution in [2.45, 2.75) is 56.8 Å². The maximum Gasteiger partial charge on any atom is 0.312 e. The number of carboxylic acids is 3. The van der Waals surface area contributed by atoms with Crippen LogP contribution in [0.2, 0.25) is 0 Å². The molecule has 0 heterocycles. The maximum absolute atomic E-state index is 12.7. The molecular formula is C20H26O9. The lowest BCUT2D eigenvalue weighted by Crippen LogP contribution is -2.65. The molecule has 0 aromatic carbocycles. The molecular weight excluding hydrogens is 384 g/mol. The molecule has 4 aliphatic rings. The van der Waals surface area contributed by atoms with Crippen molar-refractivity contribution < 1.29 is 45.0 Å². The molecule has 29 heavy (non-hydrogen) atoms. The summed E-state index contributed by atoms with van der Waals surface area (Å²) in [5, 5.41) is 62.7. The van der Waals surface area contributed by atoms with Crippen LogP contribution >= 0.6 is 0 Å². The monoisotopic (exact) mass is 410 g/mol. The number of aliphatic carboxylic acids is 3. The summed E-state index contributed by atoms with van der Waals surface area (Å²) in [6.45, 7) is 5.03. The van der Waals surface area contributed by atoms with Crippen molar-refractivity contribution in [1.29, 1.82) is 0 Å². The zero-order chi connectivity index (χ0) is 21.7. The fraction of sp³-hybridized carbons (Fsp3) is 0.750. The number of carbonyl (C=O) groups is 3. The molecule has 1 spiro atoms. The molecule has 4 rings (SSSR count). The van der Waals surface area contributed by atoms with Crippen LogP contribution in [0.1, 0.15) is 39.0 Å². The molecule has 0 saturated heterocycles. The van der Waals surface area contributed by atoms with Gasteiger partial charge in [-0.1, -0.05) is 6.58 Å². The van der Waals surface area contributed by atoms with Crippen molar-refractivity contribution in [2.75, 3.05) is 0 Å². The molecule has 4 fully saturated rings. The first-order valence-electron chi connectivity index (χ1n) is 9.75. The van der Waals surface area contributed by atoms with E-state index >= 15 is 0 Å². The molecule has 6 N–H and O–H groups in total. The summed E-state index contributed by atoms with van der Waals surface area (Å²) in [5.41, 5.74) is -6.11. The number of rotatable bonds is 3. The second-order valence-electron chi connectivity index (χ2n) is 9.76. The largest absolute Gasteiger partial charge is 0.481 e. The summed E-state index contributed by atoms with van der Waals surface area (Å²) in [4.78, 5) is 37.6. The summed E-state index contributed by atoms with van der Waals surface area (Å²) >= 11 is 0. The van der Waals surface area contributed by atoms with Crippen LogP contribution in [-0.2, 0) is 14.4 Å². The molecule has 0 aromatic rings. The quantitative estimate of drug-likeness (QED) is 0.352. The molecule has 4 aliphatic carbocycles. The molecule has 9 heteroatoms. The van der Waals surface area contributed by atoms with E-state index in [9.17, 15) is 45.0 Å². The Balaban J connectivity index is 2.05. The van der Waals surface area contributed by atoms with Crippen molar-refractivity contribution in [2.24, 2.45) is 34.0 Å². The topological polar surface area (TPSA) is 173 Å². The minimum absolute atomic E-state index is 0.00607. The maximum atomic E-state index is 12.7. The minimum Gasteiger partial charge on any atom is -0.481 e. The van der Waals surface area contributed by atoms with Crippen LogP contribution in [0.5, 0.6) is 0 Å². The van der Waals surface area contributed by atoms with Crippen molar-refractivity contribution in [3.05, 3.63) is 12.2 Å². The van der Waals surface area contributed by atoms with E-state index in [1.807, 2.05) is 0 Å². The number of aliphatic hydroxyl groups excluding tert-OH is 2.